The van der Waals surface area contributed by atoms with Crippen molar-refractivity contribution in [1.82, 2.24) is 19.9 Å². The fourth-order valence-electron chi connectivity index (χ4n) is 2.78. The molecule has 27 heavy (non-hydrogen) atoms. The molecule has 3 N–H and O–H groups in total. The van der Waals surface area contributed by atoms with Gasteiger partial charge >= 0.3 is 0 Å². The molecule has 3 rings (SSSR count). The predicted octanol–water partition coefficient (Wildman–Crippen LogP) is 1.19. The van der Waals surface area contributed by atoms with E-state index in [1.807, 2.05) is 20.8 Å². The lowest BCUT2D eigenvalue weighted by atomic mass is 9.90. The topological polar surface area (TPSA) is 94.4 Å². The largest absolute Gasteiger partial charge is 0.348 e. The second-order valence-corrected chi connectivity index (χ2v) is 7.39. The molecule has 0 spiro atoms. The number of aromatic nitrogens is 4. The fraction of sp³-hybridized carbons (Fsp3) is 0.250. The average Bonchev–Trinajstić information content (AvgIpc) is 3.05. The Hall–Kier alpha value is -3.22. The average molecular weight is 368 g/mol. The molecule has 140 valence electrons. The van der Waals surface area contributed by atoms with Crippen molar-refractivity contribution in [3.05, 3.63) is 84.3 Å². The summed E-state index contributed by atoms with van der Waals surface area (Å²) in [6.45, 7) is 7.67. The summed E-state index contributed by atoms with van der Waals surface area (Å²) < 4.78 is 13.7. The normalized spacial score (nSPS) is 13.4. The fourth-order valence-corrected chi connectivity index (χ4v) is 2.78. The third kappa shape index (κ3) is 3.81. The Labute approximate surface area is 154 Å². The Morgan fingerprint density at radius 1 is 1.04 bits per heavy atom. The van der Waals surface area contributed by atoms with E-state index in [0.717, 1.165) is 5.69 Å². The van der Waals surface area contributed by atoms with Crippen LogP contribution in [-0.4, -0.2) is 19.9 Å². The minimum atomic E-state index is -0.475. The summed E-state index contributed by atoms with van der Waals surface area (Å²) in [4.78, 5) is 37.3. The first-order chi connectivity index (χ1) is 12.7. The van der Waals surface area contributed by atoms with Gasteiger partial charge in [0.15, 0.2) is 0 Å². The number of rotatable bonds is 2. The molecule has 0 amide bonds. The second kappa shape index (κ2) is 6.83. The van der Waals surface area contributed by atoms with Crippen molar-refractivity contribution in [2.24, 2.45) is 0 Å². The van der Waals surface area contributed by atoms with Gasteiger partial charge in [0.1, 0.15) is 16.5 Å². The summed E-state index contributed by atoms with van der Waals surface area (Å²) >= 11 is 0. The number of hydrogen-bond acceptors (Lipinski definition) is 3. The van der Waals surface area contributed by atoms with Crippen LogP contribution in [0.5, 0.6) is 0 Å². The summed E-state index contributed by atoms with van der Waals surface area (Å²) in [5, 5.41) is 0.162. The molecule has 2 aromatic heterocycles. The Balaban J connectivity index is 2.16. The summed E-state index contributed by atoms with van der Waals surface area (Å²) in [6, 6.07) is 4.57. The van der Waals surface area contributed by atoms with Crippen molar-refractivity contribution in [3.63, 3.8) is 0 Å². The zero-order chi connectivity index (χ0) is 19.8. The van der Waals surface area contributed by atoms with Crippen molar-refractivity contribution in [2.75, 3.05) is 0 Å². The van der Waals surface area contributed by atoms with E-state index in [2.05, 4.69) is 19.9 Å². The summed E-state index contributed by atoms with van der Waals surface area (Å²) in [5.41, 5.74) is 1.23. The van der Waals surface area contributed by atoms with Crippen LogP contribution >= 0.6 is 0 Å². The standard InChI is InChI=1S/C20H21FN4O2/c1-11-12(6-5-7-13(11)21)8-15-18(26)25-16(19(27)24-15)9-14-17(20(2,3)4)23-10-22-14/h5-10H,1-4H3,(H,22,23)(H,24,27)(H,25,26)/b15-8-,16-9-. The van der Waals surface area contributed by atoms with Gasteiger partial charge in [-0.2, -0.15) is 0 Å². The quantitative estimate of drug-likeness (QED) is 0.634. The highest BCUT2D eigenvalue weighted by molar-refractivity contribution is 5.53. The maximum Gasteiger partial charge on any atom is 0.272 e. The lowest BCUT2D eigenvalue weighted by Gasteiger charge is -2.16. The van der Waals surface area contributed by atoms with E-state index in [4.69, 9.17) is 0 Å². The Bertz CT molecular complexity index is 1230. The number of halogens is 1. The van der Waals surface area contributed by atoms with E-state index < -0.39 is 11.1 Å². The van der Waals surface area contributed by atoms with E-state index in [1.54, 1.807) is 25.4 Å². The van der Waals surface area contributed by atoms with Gasteiger partial charge < -0.3 is 15.0 Å². The van der Waals surface area contributed by atoms with Crippen LogP contribution in [0.2, 0.25) is 0 Å². The number of nitrogens with one attached hydrogen (secondary N) is 3. The van der Waals surface area contributed by atoms with Crippen LogP contribution in [0.4, 0.5) is 4.39 Å². The minimum Gasteiger partial charge on any atom is -0.348 e. The SMILES string of the molecule is Cc1c(F)cccc1/C=c1\[nH]c(=O)/c(=C/c2nc[nH]c2C(C)(C)C)[nH]c1=O. The van der Waals surface area contributed by atoms with Crippen LogP contribution in [0.1, 0.15) is 43.3 Å². The number of nitrogens with zero attached hydrogens (tertiary/aromatic N) is 1. The Kier molecular flexibility index (Phi) is 4.70. The molecule has 0 bridgehead atoms. The van der Waals surface area contributed by atoms with Crippen molar-refractivity contribution >= 4 is 12.2 Å². The maximum atomic E-state index is 13.7. The first-order valence-corrected chi connectivity index (χ1v) is 8.52. The second-order valence-electron chi connectivity index (χ2n) is 7.39. The van der Waals surface area contributed by atoms with Gasteiger partial charge in [0.2, 0.25) is 0 Å². The van der Waals surface area contributed by atoms with Crippen molar-refractivity contribution in [2.45, 2.75) is 33.1 Å². The molecular formula is C20H21FN4O2. The Morgan fingerprint density at radius 2 is 1.67 bits per heavy atom. The van der Waals surface area contributed by atoms with Crippen LogP contribution in [0.3, 0.4) is 0 Å². The number of H-pyrrole nitrogens is 3. The van der Waals surface area contributed by atoms with Gasteiger partial charge in [0.05, 0.1) is 12.0 Å². The maximum absolute atomic E-state index is 13.7. The van der Waals surface area contributed by atoms with Gasteiger partial charge in [-0.3, -0.25) is 9.59 Å². The highest BCUT2D eigenvalue weighted by Gasteiger charge is 2.19. The van der Waals surface area contributed by atoms with Crippen LogP contribution in [0, 0.1) is 12.7 Å². The van der Waals surface area contributed by atoms with Gasteiger partial charge in [-0.25, -0.2) is 9.37 Å². The number of imidazole rings is 1. The molecule has 0 saturated heterocycles. The van der Waals surface area contributed by atoms with E-state index in [0.29, 0.717) is 16.8 Å². The monoisotopic (exact) mass is 368 g/mol. The molecule has 6 nitrogen and oxygen atoms in total. The molecule has 0 unspecified atom stereocenters. The smallest absolute Gasteiger partial charge is 0.272 e. The molecule has 3 aromatic rings. The van der Waals surface area contributed by atoms with Crippen LogP contribution in [0.15, 0.2) is 34.1 Å². The molecule has 0 radical (unpaired) electrons. The van der Waals surface area contributed by atoms with Gasteiger partial charge in [0.25, 0.3) is 11.1 Å². The van der Waals surface area contributed by atoms with Crippen molar-refractivity contribution in [1.29, 1.82) is 0 Å². The van der Waals surface area contributed by atoms with Crippen LogP contribution < -0.4 is 21.8 Å². The third-order valence-corrected chi connectivity index (χ3v) is 4.29. The molecule has 0 aliphatic rings. The molecule has 2 heterocycles. The number of hydrogen-bond donors (Lipinski definition) is 3. The van der Waals surface area contributed by atoms with E-state index in [1.165, 1.54) is 18.2 Å². The lowest BCUT2D eigenvalue weighted by molar-refractivity contribution is 0.571. The summed E-state index contributed by atoms with van der Waals surface area (Å²) in [6.07, 6.45) is 4.54. The molecule has 7 heteroatoms. The zero-order valence-electron chi connectivity index (χ0n) is 15.6. The van der Waals surface area contributed by atoms with E-state index in [9.17, 15) is 14.0 Å². The number of aromatic amines is 3. The molecule has 0 atom stereocenters. The van der Waals surface area contributed by atoms with Crippen molar-refractivity contribution < 1.29 is 4.39 Å². The number of benzene rings is 1. The minimum absolute atomic E-state index is 0.0592. The molecule has 0 aliphatic heterocycles. The highest BCUT2D eigenvalue weighted by atomic mass is 19.1. The highest BCUT2D eigenvalue weighted by Crippen LogP contribution is 2.22. The van der Waals surface area contributed by atoms with Gasteiger partial charge in [0, 0.05) is 11.1 Å². The first kappa shape index (κ1) is 18.6. The van der Waals surface area contributed by atoms with Gasteiger partial charge in [-0.05, 0) is 36.3 Å². The van der Waals surface area contributed by atoms with Crippen LogP contribution in [-0.2, 0) is 5.41 Å². The lowest BCUT2D eigenvalue weighted by Crippen LogP contribution is -2.46. The molecule has 0 saturated carbocycles. The van der Waals surface area contributed by atoms with Crippen molar-refractivity contribution in [3.8, 4) is 0 Å². The zero-order valence-corrected chi connectivity index (χ0v) is 15.6. The third-order valence-electron chi connectivity index (χ3n) is 4.29. The molecule has 0 fully saturated rings. The molecular weight excluding hydrogens is 347 g/mol. The first-order valence-electron chi connectivity index (χ1n) is 8.52. The molecule has 1 aromatic carbocycles. The van der Waals surface area contributed by atoms with Gasteiger partial charge in [-0.1, -0.05) is 32.9 Å². The summed E-state index contributed by atoms with van der Waals surface area (Å²) in [7, 11) is 0. The van der Waals surface area contributed by atoms with Gasteiger partial charge in [-0.15, -0.1) is 0 Å². The Morgan fingerprint density at radius 3 is 2.30 bits per heavy atom. The van der Waals surface area contributed by atoms with E-state index in [-0.39, 0.29) is 21.9 Å². The van der Waals surface area contributed by atoms with E-state index >= 15 is 0 Å². The molecule has 0 aliphatic carbocycles. The summed E-state index contributed by atoms with van der Waals surface area (Å²) in [5.74, 6) is -0.374. The predicted molar refractivity (Wildman–Crippen MR) is 102 cm³/mol. The van der Waals surface area contributed by atoms with Crippen LogP contribution in [0.25, 0.3) is 12.2 Å².